The third-order valence-corrected chi connectivity index (χ3v) is 6.13. The smallest absolute Gasteiger partial charge is 0.314 e. The molecule has 3 heteroatoms. The van der Waals surface area contributed by atoms with Gasteiger partial charge >= 0.3 is 5.97 Å². The molecule has 0 fully saturated rings. The Morgan fingerprint density at radius 2 is 1.75 bits per heavy atom. The molecule has 0 spiro atoms. The molecule has 0 N–H and O–H groups in total. The van der Waals surface area contributed by atoms with Crippen LogP contribution in [0.25, 0.3) is 5.57 Å². The lowest BCUT2D eigenvalue weighted by Crippen LogP contribution is -2.21. The molecule has 154 valence electrons. The number of unbranched alkanes of at least 4 members (excludes halogenated alkanes) is 1. The van der Waals surface area contributed by atoms with Crippen molar-refractivity contribution in [1.29, 1.82) is 0 Å². The first-order chi connectivity index (χ1) is 13.4. The fraction of sp³-hybridized carbons (Fsp3) is 0.600. The lowest BCUT2D eigenvalue weighted by molar-refractivity contribution is -0.145. The minimum absolute atomic E-state index is 0.0131. The third kappa shape index (κ3) is 4.56. The van der Waals surface area contributed by atoms with Crippen LogP contribution in [0.3, 0.4) is 0 Å². The van der Waals surface area contributed by atoms with E-state index >= 15 is 0 Å². The summed E-state index contributed by atoms with van der Waals surface area (Å²) in [6.07, 6.45) is 5.26. The highest BCUT2D eigenvalue weighted by Gasteiger charge is 2.43. The van der Waals surface area contributed by atoms with Crippen LogP contribution in [-0.2, 0) is 14.3 Å². The highest BCUT2D eigenvalue weighted by atomic mass is 16.5. The average molecular weight is 385 g/mol. The monoisotopic (exact) mass is 384 g/mol. The van der Waals surface area contributed by atoms with Crippen LogP contribution in [0.4, 0.5) is 0 Å². The van der Waals surface area contributed by atoms with Crippen LogP contribution >= 0.6 is 0 Å². The van der Waals surface area contributed by atoms with E-state index in [1.165, 1.54) is 0 Å². The first-order valence-electron chi connectivity index (χ1n) is 11.0. The molecule has 3 nitrogen and oxygen atoms in total. The van der Waals surface area contributed by atoms with Crippen LogP contribution in [0.2, 0.25) is 0 Å². The van der Waals surface area contributed by atoms with Crippen molar-refractivity contribution in [3.63, 3.8) is 0 Å². The summed E-state index contributed by atoms with van der Waals surface area (Å²) in [5.74, 6) is 0.370. The number of carbonyl (C=O) groups is 2. The summed E-state index contributed by atoms with van der Waals surface area (Å²) in [7, 11) is 0. The summed E-state index contributed by atoms with van der Waals surface area (Å²) in [5, 5.41) is 0. The van der Waals surface area contributed by atoms with Gasteiger partial charge in [-0.2, -0.15) is 0 Å². The Morgan fingerprint density at radius 1 is 1.07 bits per heavy atom. The van der Waals surface area contributed by atoms with Gasteiger partial charge in [0.05, 0.1) is 11.5 Å². The lowest BCUT2D eigenvalue weighted by Gasteiger charge is -2.21. The van der Waals surface area contributed by atoms with E-state index in [9.17, 15) is 9.59 Å². The van der Waals surface area contributed by atoms with Crippen LogP contribution < -0.4 is 0 Å². The van der Waals surface area contributed by atoms with E-state index in [2.05, 4.69) is 19.9 Å². The van der Waals surface area contributed by atoms with Gasteiger partial charge in [-0.05, 0) is 50.7 Å². The molecular weight excluding hydrogens is 348 g/mol. The molecule has 1 aromatic carbocycles. The van der Waals surface area contributed by atoms with Gasteiger partial charge in [0.2, 0.25) is 0 Å². The summed E-state index contributed by atoms with van der Waals surface area (Å²) in [4.78, 5) is 26.2. The standard InChI is InChI=1S/C25H36O3/c1-7-11-12-18(8-2)25(27)28-24-20(10-4)19(9-3)23(26)22(24)21-14-13-16(5)15-17(21)6/h13-15,18-20H,7-12H2,1-6H3. The molecule has 0 heterocycles. The highest BCUT2D eigenvalue weighted by Crippen LogP contribution is 2.44. The molecule has 0 saturated heterocycles. The van der Waals surface area contributed by atoms with Gasteiger partial charge in [0.25, 0.3) is 0 Å². The van der Waals surface area contributed by atoms with Crippen molar-refractivity contribution in [2.45, 2.75) is 80.1 Å². The van der Waals surface area contributed by atoms with Crippen molar-refractivity contribution in [2.75, 3.05) is 0 Å². The zero-order chi connectivity index (χ0) is 20.8. The van der Waals surface area contributed by atoms with Crippen LogP contribution in [0.15, 0.2) is 24.0 Å². The number of ether oxygens (including phenoxy) is 1. The zero-order valence-electron chi connectivity index (χ0n) is 18.4. The molecule has 0 aromatic heterocycles. The molecule has 0 radical (unpaired) electrons. The van der Waals surface area contributed by atoms with Gasteiger partial charge in [0.1, 0.15) is 5.76 Å². The van der Waals surface area contributed by atoms with E-state index in [1.54, 1.807) is 0 Å². The molecule has 1 aliphatic rings. The van der Waals surface area contributed by atoms with E-state index in [0.717, 1.165) is 55.2 Å². The fourth-order valence-corrected chi connectivity index (χ4v) is 4.41. The minimum Gasteiger partial charge on any atom is -0.430 e. The summed E-state index contributed by atoms with van der Waals surface area (Å²) >= 11 is 0. The van der Waals surface area contributed by atoms with Gasteiger partial charge in [0.15, 0.2) is 5.78 Å². The molecule has 0 amide bonds. The Kier molecular flexibility index (Phi) is 8.03. The maximum absolute atomic E-state index is 13.3. The summed E-state index contributed by atoms with van der Waals surface area (Å²) in [6.45, 7) is 12.4. The van der Waals surface area contributed by atoms with Crippen LogP contribution in [0.5, 0.6) is 0 Å². The molecule has 0 aliphatic heterocycles. The first kappa shape index (κ1) is 22.4. The van der Waals surface area contributed by atoms with E-state index in [4.69, 9.17) is 4.74 Å². The van der Waals surface area contributed by atoms with Crippen LogP contribution in [-0.4, -0.2) is 11.8 Å². The fourth-order valence-electron chi connectivity index (χ4n) is 4.41. The molecule has 1 aliphatic carbocycles. The van der Waals surface area contributed by atoms with E-state index < -0.39 is 0 Å². The average Bonchev–Trinajstić information content (AvgIpc) is 2.93. The second kappa shape index (κ2) is 10.0. The maximum Gasteiger partial charge on any atom is 0.314 e. The predicted octanol–water partition coefficient (Wildman–Crippen LogP) is 6.41. The zero-order valence-corrected chi connectivity index (χ0v) is 18.4. The topological polar surface area (TPSA) is 43.4 Å². The number of aryl methyl sites for hydroxylation is 2. The van der Waals surface area contributed by atoms with Crippen molar-refractivity contribution in [3.8, 4) is 0 Å². The molecule has 3 atom stereocenters. The number of allylic oxidation sites excluding steroid dienone is 2. The Morgan fingerprint density at radius 3 is 2.29 bits per heavy atom. The number of ketones is 1. The van der Waals surface area contributed by atoms with Gasteiger partial charge in [-0.25, -0.2) is 0 Å². The first-order valence-corrected chi connectivity index (χ1v) is 11.0. The third-order valence-electron chi connectivity index (χ3n) is 6.13. The molecule has 3 unspecified atom stereocenters. The van der Waals surface area contributed by atoms with E-state index in [0.29, 0.717) is 11.3 Å². The highest BCUT2D eigenvalue weighted by molar-refractivity contribution is 6.25. The Hall–Kier alpha value is -1.90. The van der Waals surface area contributed by atoms with Crippen molar-refractivity contribution < 1.29 is 14.3 Å². The number of carbonyl (C=O) groups excluding carboxylic acids is 2. The Bertz CT molecular complexity index is 744. The van der Waals surface area contributed by atoms with Crippen molar-refractivity contribution in [3.05, 3.63) is 40.6 Å². The number of esters is 1. The molecule has 2 rings (SSSR count). The van der Waals surface area contributed by atoms with Gasteiger partial charge < -0.3 is 4.74 Å². The van der Waals surface area contributed by atoms with E-state index in [-0.39, 0.29) is 29.5 Å². The van der Waals surface area contributed by atoms with Crippen molar-refractivity contribution in [2.24, 2.45) is 17.8 Å². The van der Waals surface area contributed by atoms with Gasteiger partial charge in [0, 0.05) is 11.8 Å². The number of benzene rings is 1. The molecular formula is C25H36O3. The maximum atomic E-state index is 13.3. The molecule has 1 aromatic rings. The van der Waals surface area contributed by atoms with Crippen molar-refractivity contribution in [1.82, 2.24) is 0 Å². The molecule has 0 bridgehead atoms. The summed E-state index contributed by atoms with van der Waals surface area (Å²) < 4.78 is 6.04. The van der Waals surface area contributed by atoms with Crippen LogP contribution in [0, 0.1) is 31.6 Å². The number of hydrogen-bond donors (Lipinski definition) is 0. The Labute approximate surface area is 170 Å². The quantitative estimate of drug-likeness (QED) is 0.462. The second-order valence-corrected chi connectivity index (χ2v) is 8.12. The Balaban J connectivity index is 2.49. The second-order valence-electron chi connectivity index (χ2n) is 8.12. The van der Waals surface area contributed by atoms with Gasteiger partial charge in [-0.15, -0.1) is 0 Å². The predicted molar refractivity (Wildman–Crippen MR) is 115 cm³/mol. The van der Waals surface area contributed by atoms with Gasteiger partial charge in [-0.3, -0.25) is 9.59 Å². The summed E-state index contributed by atoms with van der Waals surface area (Å²) in [6, 6.07) is 6.12. The number of hydrogen-bond acceptors (Lipinski definition) is 3. The minimum atomic E-state index is -0.170. The number of Topliss-reactive ketones (excluding diaryl/α,β-unsaturated/α-hetero) is 1. The molecule has 28 heavy (non-hydrogen) atoms. The SMILES string of the molecule is CCCCC(CC)C(=O)OC1=C(c2ccc(C)cc2C)C(=O)C(CC)C1CC. The molecule has 0 saturated carbocycles. The number of rotatable bonds is 9. The van der Waals surface area contributed by atoms with E-state index in [1.807, 2.05) is 39.8 Å². The lowest BCUT2D eigenvalue weighted by atomic mass is 9.88. The summed E-state index contributed by atoms with van der Waals surface area (Å²) in [5.41, 5.74) is 3.77. The van der Waals surface area contributed by atoms with Crippen molar-refractivity contribution >= 4 is 17.3 Å². The largest absolute Gasteiger partial charge is 0.430 e. The van der Waals surface area contributed by atoms with Gasteiger partial charge in [-0.1, -0.05) is 64.3 Å². The van der Waals surface area contributed by atoms with Crippen LogP contribution in [0.1, 0.15) is 82.9 Å². The normalized spacial score (nSPS) is 20.6.